The van der Waals surface area contributed by atoms with Crippen LogP contribution in [0.1, 0.15) is 17.4 Å². The van der Waals surface area contributed by atoms with Crippen molar-refractivity contribution in [3.63, 3.8) is 0 Å². The molecule has 3 N–H and O–H groups in total. The van der Waals surface area contributed by atoms with Gasteiger partial charge in [-0.2, -0.15) is 0 Å². The molecule has 1 aromatic heterocycles. The van der Waals surface area contributed by atoms with Gasteiger partial charge < -0.3 is 16.0 Å². The van der Waals surface area contributed by atoms with Gasteiger partial charge in [-0.3, -0.25) is 9.59 Å². The zero-order valence-electron chi connectivity index (χ0n) is 12.2. The fourth-order valence-corrected chi connectivity index (χ4v) is 2.06. The number of amides is 2. The first-order chi connectivity index (χ1) is 10.1. The van der Waals surface area contributed by atoms with E-state index in [0.717, 1.165) is 10.8 Å². The van der Waals surface area contributed by atoms with Crippen molar-refractivity contribution in [2.75, 3.05) is 19.4 Å². The third-order valence-electron chi connectivity index (χ3n) is 3.20. The Hall–Kier alpha value is -2.63. The molecular weight excluding hydrogens is 268 g/mol. The molecule has 0 aliphatic heterocycles. The van der Waals surface area contributed by atoms with Crippen LogP contribution in [0.4, 0.5) is 5.82 Å². The standard InChI is InChI=1S/C15H18N4O2/c1-9(14(20)17-3)18-15(21)12-8-10-6-4-5-7-11(10)13(16-2)19-12/h4-9H,1-3H3,(H,16,19)(H,17,20)(H,18,21). The van der Waals surface area contributed by atoms with E-state index in [1.54, 1.807) is 20.0 Å². The number of rotatable bonds is 4. The summed E-state index contributed by atoms with van der Waals surface area (Å²) in [4.78, 5) is 28.0. The van der Waals surface area contributed by atoms with Gasteiger partial charge in [0.15, 0.2) is 0 Å². The average molecular weight is 286 g/mol. The number of aromatic nitrogens is 1. The van der Waals surface area contributed by atoms with Crippen molar-refractivity contribution in [1.29, 1.82) is 0 Å². The van der Waals surface area contributed by atoms with E-state index in [0.29, 0.717) is 5.82 Å². The molecule has 1 heterocycles. The lowest BCUT2D eigenvalue weighted by Crippen LogP contribution is -2.43. The number of hydrogen-bond acceptors (Lipinski definition) is 4. The number of nitrogens with zero attached hydrogens (tertiary/aromatic N) is 1. The van der Waals surface area contributed by atoms with E-state index < -0.39 is 6.04 Å². The highest BCUT2D eigenvalue weighted by Crippen LogP contribution is 2.22. The summed E-state index contributed by atoms with van der Waals surface area (Å²) in [6, 6.07) is 8.75. The molecule has 2 rings (SSSR count). The van der Waals surface area contributed by atoms with Crippen molar-refractivity contribution in [2.45, 2.75) is 13.0 Å². The summed E-state index contributed by atoms with van der Waals surface area (Å²) in [5.74, 6) is -0.00261. The maximum absolute atomic E-state index is 12.2. The van der Waals surface area contributed by atoms with Crippen LogP contribution in [0, 0.1) is 0 Å². The first-order valence-corrected chi connectivity index (χ1v) is 6.66. The first kappa shape index (κ1) is 14.8. The molecule has 0 spiro atoms. The minimum atomic E-state index is -0.617. The average Bonchev–Trinajstić information content (AvgIpc) is 2.52. The molecule has 0 aliphatic rings. The van der Waals surface area contributed by atoms with Crippen LogP contribution in [0.5, 0.6) is 0 Å². The maximum Gasteiger partial charge on any atom is 0.270 e. The lowest BCUT2D eigenvalue weighted by Gasteiger charge is -2.13. The number of likely N-dealkylation sites (N-methyl/N-ethyl adjacent to an activating group) is 1. The Morgan fingerprint density at radius 1 is 1.19 bits per heavy atom. The number of carbonyl (C=O) groups excluding carboxylic acids is 2. The van der Waals surface area contributed by atoms with Crippen LogP contribution in [0.15, 0.2) is 30.3 Å². The third-order valence-corrected chi connectivity index (χ3v) is 3.20. The second kappa shape index (κ2) is 6.21. The third kappa shape index (κ3) is 3.10. The SMILES string of the molecule is CNC(=O)C(C)NC(=O)c1cc2ccccc2c(NC)n1. The number of anilines is 1. The van der Waals surface area contributed by atoms with Crippen molar-refractivity contribution >= 4 is 28.4 Å². The van der Waals surface area contributed by atoms with Crippen LogP contribution >= 0.6 is 0 Å². The molecule has 1 aromatic carbocycles. The van der Waals surface area contributed by atoms with Gasteiger partial charge in [0.2, 0.25) is 5.91 Å². The molecule has 21 heavy (non-hydrogen) atoms. The number of nitrogens with one attached hydrogen (secondary N) is 3. The number of benzene rings is 1. The van der Waals surface area contributed by atoms with Crippen LogP contribution in [0.25, 0.3) is 10.8 Å². The molecule has 0 saturated heterocycles. The van der Waals surface area contributed by atoms with Crippen LogP contribution in [-0.4, -0.2) is 36.9 Å². The number of hydrogen-bond donors (Lipinski definition) is 3. The highest BCUT2D eigenvalue weighted by molar-refractivity contribution is 6.01. The zero-order valence-corrected chi connectivity index (χ0v) is 12.2. The fraction of sp³-hybridized carbons (Fsp3) is 0.267. The highest BCUT2D eigenvalue weighted by atomic mass is 16.2. The van der Waals surface area contributed by atoms with Crippen molar-refractivity contribution in [2.24, 2.45) is 0 Å². The summed E-state index contributed by atoms with van der Waals surface area (Å²) in [6.45, 7) is 1.62. The fourth-order valence-electron chi connectivity index (χ4n) is 2.06. The highest BCUT2D eigenvalue weighted by Gasteiger charge is 2.17. The molecular formula is C15H18N4O2. The Labute approximate surface area is 122 Å². The second-order valence-corrected chi connectivity index (χ2v) is 4.64. The van der Waals surface area contributed by atoms with E-state index in [2.05, 4.69) is 20.9 Å². The molecule has 0 saturated carbocycles. The summed E-state index contributed by atoms with van der Waals surface area (Å²) in [5, 5.41) is 9.94. The van der Waals surface area contributed by atoms with Crippen molar-refractivity contribution in [3.05, 3.63) is 36.0 Å². The quantitative estimate of drug-likeness (QED) is 0.787. The number of carbonyl (C=O) groups is 2. The van der Waals surface area contributed by atoms with Crippen molar-refractivity contribution in [1.82, 2.24) is 15.6 Å². The molecule has 1 atom stereocenters. The van der Waals surface area contributed by atoms with Crippen LogP contribution in [-0.2, 0) is 4.79 Å². The number of pyridine rings is 1. The Balaban J connectivity index is 2.33. The summed E-state index contributed by atoms with van der Waals surface area (Å²) in [5.41, 5.74) is 0.272. The molecule has 6 nitrogen and oxygen atoms in total. The lowest BCUT2D eigenvalue weighted by atomic mass is 10.1. The lowest BCUT2D eigenvalue weighted by molar-refractivity contribution is -0.122. The Morgan fingerprint density at radius 2 is 1.90 bits per heavy atom. The predicted molar refractivity (Wildman–Crippen MR) is 82.3 cm³/mol. The molecule has 110 valence electrons. The predicted octanol–water partition coefficient (Wildman–Crippen LogP) is 1.14. The molecule has 0 bridgehead atoms. The van der Waals surface area contributed by atoms with E-state index in [4.69, 9.17) is 0 Å². The maximum atomic E-state index is 12.2. The molecule has 0 fully saturated rings. The van der Waals surface area contributed by atoms with Gasteiger partial charge in [0.25, 0.3) is 5.91 Å². The van der Waals surface area contributed by atoms with Crippen molar-refractivity contribution in [3.8, 4) is 0 Å². The molecule has 2 aromatic rings. The smallest absolute Gasteiger partial charge is 0.270 e. The van der Waals surface area contributed by atoms with Gasteiger partial charge in [0.05, 0.1) is 0 Å². The minimum absolute atomic E-state index is 0.252. The summed E-state index contributed by atoms with van der Waals surface area (Å²) in [7, 11) is 3.28. The molecule has 6 heteroatoms. The topological polar surface area (TPSA) is 83.1 Å². The van der Waals surface area contributed by atoms with Crippen LogP contribution in [0.3, 0.4) is 0 Å². The van der Waals surface area contributed by atoms with Gasteiger partial charge in [-0.05, 0) is 18.4 Å². The largest absolute Gasteiger partial charge is 0.373 e. The molecule has 0 radical (unpaired) electrons. The minimum Gasteiger partial charge on any atom is -0.373 e. The van der Waals surface area contributed by atoms with E-state index in [1.807, 2.05) is 24.3 Å². The molecule has 1 unspecified atom stereocenters. The Kier molecular flexibility index (Phi) is 4.37. The van der Waals surface area contributed by atoms with Gasteiger partial charge in [-0.25, -0.2) is 4.98 Å². The van der Waals surface area contributed by atoms with Gasteiger partial charge in [0.1, 0.15) is 17.6 Å². The van der Waals surface area contributed by atoms with Gasteiger partial charge >= 0.3 is 0 Å². The van der Waals surface area contributed by atoms with Gasteiger partial charge in [-0.15, -0.1) is 0 Å². The molecule has 2 amide bonds. The van der Waals surface area contributed by atoms with Crippen molar-refractivity contribution < 1.29 is 9.59 Å². The van der Waals surface area contributed by atoms with E-state index >= 15 is 0 Å². The Bertz CT molecular complexity index is 684. The van der Waals surface area contributed by atoms with Crippen LogP contribution in [0.2, 0.25) is 0 Å². The molecule has 0 aliphatic carbocycles. The van der Waals surface area contributed by atoms with Crippen LogP contribution < -0.4 is 16.0 Å². The summed E-state index contributed by atoms with van der Waals surface area (Å²) in [6.07, 6.45) is 0. The summed E-state index contributed by atoms with van der Waals surface area (Å²) >= 11 is 0. The van der Waals surface area contributed by atoms with Gasteiger partial charge in [-0.1, -0.05) is 24.3 Å². The monoisotopic (exact) mass is 286 g/mol. The Morgan fingerprint density at radius 3 is 2.57 bits per heavy atom. The normalized spacial score (nSPS) is 11.8. The zero-order chi connectivity index (χ0) is 15.4. The summed E-state index contributed by atoms with van der Waals surface area (Å²) < 4.78 is 0. The van der Waals surface area contributed by atoms with Gasteiger partial charge in [0, 0.05) is 19.5 Å². The first-order valence-electron chi connectivity index (χ1n) is 6.66. The van der Waals surface area contributed by atoms with E-state index in [-0.39, 0.29) is 17.5 Å². The van der Waals surface area contributed by atoms with E-state index in [1.165, 1.54) is 7.05 Å². The van der Waals surface area contributed by atoms with E-state index in [9.17, 15) is 9.59 Å². The number of fused-ring (bicyclic) bond motifs is 1. The second-order valence-electron chi connectivity index (χ2n) is 4.64.